The van der Waals surface area contributed by atoms with E-state index in [0.29, 0.717) is 18.4 Å². The van der Waals surface area contributed by atoms with E-state index in [0.717, 1.165) is 24.1 Å². The second-order valence-electron chi connectivity index (χ2n) is 5.11. The highest BCUT2D eigenvalue weighted by Gasteiger charge is 2.34. The predicted octanol–water partition coefficient (Wildman–Crippen LogP) is 3.34. The predicted molar refractivity (Wildman–Crippen MR) is 68.7 cm³/mol. The Labute approximate surface area is 110 Å². The zero-order valence-electron chi connectivity index (χ0n) is 10.4. The fourth-order valence-electron chi connectivity index (χ4n) is 2.75. The highest BCUT2D eigenvalue weighted by atomic mass is 19.2. The standard InChI is InChI=1S/C16H14F2O/c17-14-6-5-13(9-15(14)18)16(19)8-7-11-3-1-2-4-12(11)10-16/h1-6,9,19H,7-8,10H2. The van der Waals surface area contributed by atoms with Gasteiger partial charge in [-0.1, -0.05) is 30.3 Å². The molecule has 1 unspecified atom stereocenters. The SMILES string of the molecule is OC1(c2ccc(F)c(F)c2)CCc2ccccc2C1. The molecule has 2 aromatic carbocycles. The van der Waals surface area contributed by atoms with Crippen LogP contribution in [0.4, 0.5) is 8.78 Å². The van der Waals surface area contributed by atoms with Gasteiger partial charge in [0.1, 0.15) is 0 Å². The Kier molecular flexibility index (Phi) is 2.86. The van der Waals surface area contributed by atoms with Crippen molar-refractivity contribution in [2.24, 2.45) is 0 Å². The fraction of sp³-hybridized carbons (Fsp3) is 0.250. The molecule has 1 N–H and O–H groups in total. The number of aryl methyl sites for hydroxylation is 1. The third-order valence-corrected chi connectivity index (χ3v) is 3.87. The second kappa shape index (κ2) is 4.42. The van der Waals surface area contributed by atoms with Crippen molar-refractivity contribution < 1.29 is 13.9 Å². The van der Waals surface area contributed by atoms with Gasteiger partial charge < -0.3 is 5.11 Å². The highest BCUT2D eigenvalue weighted by molar-refractivity contribution is 5.35. The Bertz CT molecular complexity index is 624. The number of hydrogen-bond donors (Lipinski definition) is 1. The van der Waals surface area contributed by atoms with Gasteiger partial charge in [-0.3, -0.25) is 0 Å². The summed E-state index contributed by atoms with van der Waals surface area (Å²) in [6.07, 6.45) is 1.70. The van der Waals surface area contributed by atoms with Crippen molar-refractivity contribution in [1.29, 1.82) is 0 Å². The van der Waals surface area contributed by atoms with Crippen LogP contribution in [0.1, 0.15) is 23.1 Å². The molecule has 0 radical (unpaired) electrons. The molecule has 19 heavy (non-hydrogen) atoms. The topological polar surface area (TPSA) is 20.2 Å². The summed E-state index contributed by atoms with van der Waals surface area (Å²) in [6, 6.07) is 11.6. The van der Waals surface area contributed by atoms with E-state index in [-0.39, 0.29) is 0 Å². The molecule has 2 aromatic rings. The average Bonchev–Trinajstić information content (AvgIpc) is 2.41. The lowest BCUT2D eigenvalue weighted by molar-refractivity contribution is 0.0219. The Hall–Kier alpha value is -1.74. The third-order valence-electron chi connectivity index (χ3n) is 3.87. The van der Waals surface area contributed by atoms with E-state index in [1.54, 1.807) is 0 Å². The molecule has 0 spiro atoms. The van der Waals surface area contributed by atoms with Crippen LogP contribution in [0.3, 0.4) is 0 Å². The maximum atomic E-state index is 13.3. The maximum Gasteiger partial charge on any atom is 0.159 e. The van der Waals surface area contributed by atoms with Crippen molar-refractivity contribution in [3.8, 4) is 0 Å². The minimum absolute atomic E-state index is 0.439. The molecular weight excluding hydrogens is 246 g/mol. The number of fused-ring (bicyclic) bond motifs is 1. The first-order valence-electron chi connectivity index (χ1n) is 6.33. The van der Waals surface area contributed by atoms with Gasteiger partial charge in [-0.15, -0.1) is 0 Å². The average molecular weight is 260 g/mol. The number of rotatable bonds is 1. The van der Waals surface area contributed by atoms with Crippen molar-refractivity contribution >= 4 is 0 Å². The van der Waals surface area contributed by atoms with E-state index >= 15 is 0 Å². The largest absolute Gasteiger partial charge is 0.385 e. The smallest absolute Gasteiger partial charge is 0.159 e. The molecule has 1 aliphatic rings. The Morgan fingerprint density at radius 1 is 0.947 bits per heavy atom. The Balaban J connectivity index is 1.99. The van der Waals surface area contributed by atoms with Crippen LogP contribution >= 0.6 is 0 Å². The molecule has 3 heteroatoms. The van der Waals surface area contributed by atoms with Crippen LogP contribution in [0.15, 0.2) is 42.5 Å². The molecule has 0 fully saturated rings. The zero-order valence-corrected chi connectivity index (χ0v) is 10.4. The molecule has 0 aliphatic heterocycles. The molecule has 3 rings (SSSR count). The quantitative estimate of drug-likeness (QED) is 0.833. The molecular formula is C16H14F2O. The van der Waals surface area contributed by atoms with Crippen LogP contribution in [-0.2, 0) is 18.4 Å². The Morgan fingerprint density at radius 3 is 2.42 bits per heavy atom. The molecule has 0 saturated carbocycles. The summed E-state index contributed by atoms with van der Waals surface area (Å²) >= 11 is 0. The van der Waals surface area contributed by atoms with Crippen LogP contribution in [0, 0.1) is 11.6 Å². The Morgan fingerprint density at radius 2 is 1.68 bits per heavy atom. The van der Waals surface area contributed by atoms with Gasteiger partial charge in [-0.05, 0) is 41.7 Å². The van der Waals surface area contributed by atoms with Crippen LogP contribution in [-0.4, -0.2) is 5.11 Å². The van der Waals surface area contributed by atoms with Gasteiger partial charge in [0.2, 0.25) is 0 Å². The lowest BCUT2D eigenvalue weighted by Crippen LogP contribution is -2.33. The van der Waals surface area contributed by atoms with Crippen molar-refractivity contribution in [2.45, 2.75) is 24.9 Å². The molecule has 0 amide bonds. The van der Waals surface area contributed by atoms with E-state index < -0.39 is 17.2 Å². The lowest BCUT2D eigenvalue weighted by Gasteiger charge is -2.34. The molecule has 0 aromatic heterocycles. The summed E-state index contributed by atoms with van der Waals surface area (Å²) in [6.45, 7) is 0. The van der Waals surface area contributed by atoms with Gasteiger partial charge in [0.15, 0.2) is 11.6 Å². The summed E-state index contributed by atoms with van der Waals surface area (Å²) in [5, 5.41) is 10.7. The molecule has 0 saturated heterocycles. The number of benzene rings is 2. The lowest BCUT2D eigenvalue weighted by atomic mass is 9.76. The number of hydrogen-bond acceptors (Lipinski definition) is 1. The van der Waals surface area contributed by atoms with E-state index in [2.05, 4.69) is 0 Å². The maximum absolute atomic E-state index is 13.3. The van der Waals surface area contributed by atoms with Crippen LogP contribution in [0.5, 0.6) is 0 Å². The summed E-state index contributed by atoms with van der Waals surface area (Å²) < 4.78 is 26.3. The first kappa shape index (κ1) is 12.3. The summed E-state index contributed by atoms with van der Waals surface area (Å²) in [4.78, 5) is 0. The van der Waals surface area contributed by atoms with Crippen molar-refractivity contribution in [2.75, 3.05) is 0 Å². The fourth-order valence-corrected chi connectivity index (χ4v) is 2.75. The van der Waals surface area contributed by atoms with Crippen molar-refractivity contribution in [3.05, 3.63) is 70.8 Å². The zero-order chi connectivity index (χ0) is 13.5. The van der Waals surface area contributed by atoms with Gasteiger partial charge in [0, 0.05) is 6.42 Å². The molecule has 1 atom stereocenters. The third kappa shape index (κ3) is 2.15. The van der Waals surface area contributed by atoms with E-state index in [4.69, 9.17) is 0 Å². The van der Waals surface area contributed by atoms with E-state index in [1.807, 2.05) is 24.3 Å². The van der Waals surface area contributed by atoms with Crippen LogP contribution in [0.2, 0.25) is 0 Å². The van der Waals surface area contributed by atoms with Crippen molar-refractivity contribution in [3.63, 3.8) is 0 Å². The van der Waals surface area contributed by atoms with Crippen LogP contribution in [0.25, 0.3) is 0 Å². The van der Waals surface area contributed by atoms with E-state index in [9.17, 15) is 13.9 Å². The summed E-state index contributed by atoms with van der Waals surface area (Å²) in [5.74, 6) is -1.80. The summed E-state index contributed by atoms with van der Waals surface area (Å²) in [7, 11) is 0. The first-order valence-corrected chi connectivity index (χ1v) is 6.33. The van der Waals surface area contributed by atoms with Gasteiger partial charge in [0.25, 0.3) is 0 Å². The summed E-state index contributed by atoms with van der Waals surface area (Å²) in [5.41, 5.74) is 1.62. The van der Waals surface area contributed by atoms with Crippen LogP contribution < -0.4 is 0 Å². The van der Waals surface area contributed by atoms with Gasteiger partial charge >= 0.3 is 0 Å². The second-order valence-corrected chi connectivity index (χ2v) is 5.11. The molecule has 1 nitrogen and oxygen atoms in total. The number of aliphatic hydroxyl groups is 1. The minimum atomic E-state index is -1.11. The van der Waals surface area contributed by atoms with E-state index in [1.165, 1.54) is 11.6 Å². The van der Waals surface area contributed by atoms with Gasteiger partial charge in [-0.2, -0.15) is 0 Å². The van der Waals surface area contributed by atoms with Gasteiger partial charge in [-0.25, -0.2) is 8.78 Å². The molecule has 1 aliphatic carbocycles. The first-order chi connectivity index (χ1) is 9.08. The number of halogens is 2. The molecule has 0 heterocycles. The van der Waals surface area contributed by atoms with Crippen molar-refractivity contribution in [1.82, 2.24) is 0 Å². The normalized spacial score (nSPS) is 22.1. The highest BCUT2D eigenvalue weighted by Crippen LogP contribution is 2.36. The monoisotopic (exact) mass is 260 g/mol. The minimum Gasteiger partial charge on any atom is -0.385 e. The molecule has 0 bridgehead atoms. The molecule has 98 valence electrons. The van der Waals surface area contributed by atoms with Gasteiger partial charge in [0.05, 0.1) is 5.60 Å².